The highest BCUT2D eigenvalue weighted by atomic mass is 32.2. The molecule has 1 aromatic carbocycles. The fraction of sp³-hybridized carbons (Fsp3) is 0.381. The van der Waals surface area contributed by atoms with Gasteiger partial charge in [0.25, 0.3) is 0 Å². The Bertz CT molecular complexity index is 847. The third-order valence-electron chi connectivity index (χ3n) is 4.46. The number of carbonyl (C=O) groups is 2. The van der Waals surface area contributed by atoms with E-state index in [0.29, 0.717) is 18.2 Å². The number of nitrogens with one attached hydrogen (secondary N) is 1. The van der Waals surface area contributed by atoms with Gasteiger partial charge in [-0.15, -0.1) is 11.8 Å². The number of aliphatic carboxylic acids is 2. The summed E-state index contributed by atoms with van der Waals surface area (Å²) in [6, 6.07) is 9.04. The normalized spacial score (nSPS) is 15.4. The number of benzene rings is 1. The summed E-state index contributed by atoms with van der Waals surface area (Å²) in [7, 11) is 0. The van der Waals surface area contributed by atoms with Crippen molar-refractivity contribution in [1.82, 2.24) is 10.5 Å². The Kier molecular flexibility index (Phi) is 8.95. The van der Waals surface area contributed by atoms with Gasteiger partial charge < -0.3 is 20.1 Å². The molecule has 1 aliphatic rings. The summed E-state index contributed by atoms with van der Waals surface area (Å²) in [4.78, 5) is 19.1. The molecule has 0 bridgehead atoms. The molecular formula is C21H26N2O5S. The SMILES string of the molecule is CCCNC1CCCc2cccc(-c3cc(SC)no3)c21.O=C(O)C=CC(=O)O. The molecule has 0 amide bonds. The molecule has 2 aromatic rings. The third kappa shape index (κ3) is 6.76. The standard InChI is InChI=1S/C17H22N2OS.C4H4O4/c1-3-10-18-14-9-5-7-12-6-4-8-13(17(12)14)15-11-16(21-2)19-20-15;5-3(6)1-2-4(7)8/h4,6,8,11,14,18H,3,5,7,9-10H2,1-2H3;1-2H,(H,5,6)(H,7,8). The van der Waals surface area contributed by atoms with Crippen molar-refractivity contribution in [2.24, 2.45) is 0 Å². The van der Waals surface area contributed by atoms with E-state index in [2.05, 4.69) is 35.6 Å². The molecule has 1 aromatic heterocycles. The van der Waals surface area contributed by atoms with E-state index in [1.807, 2.05) is 12.3 Å². The van der Waals surface area contributed by atoms with Crippen LogP contribution in [-0.4, -0.2) is 40.1 Å². The van der Waals surface area contributed by atoms with Crippen molar-refractivity contribution in [2.75, 3.05) is 12.8 Å². The first kappa shape index (κ1) is 22.7. The first-order chi connectivity index (χ1) is 14.0. The maximum Gasteiger partial charge on any atom is 0.328 e. The highest BCUT2D eigenvalue weighted by Gasteiger charge is 2.24. The topological polar surface area (TPSA) is 113 Å². The summed E-state index contributed by atoms with van der Waals surface area (Å²) in [6.07, 6.45) is 7.92. The van der Waals surface area contributed by atoms with Crippen LogP contribution in [0.1, 0.15) is 43.4 Å². The molecule has 29 heavy (non-hydrogen) atoms. The van der Waals surface area contributed by atoms with Crippen LogP contribution in [0, 0.1) is 0 Å². The largest absolute Gasteiger partial charge is 0.478 e. The maximum atomic E-state index is 9.55. The van der Waals surface area contributed by atoms with Crippen LogP contribution in [0.4, 0.5) is 0 Å². The van der Waals surface area contributed by atoms with Crippen molar-refractivity contribution in [3.05, 3.63) is 47.5 Å². The molecule has 0 fully saturated rings. The summed E-state index contributed by atoms with van der Waals surface area (Å²) in [5, 5.41) is 24.4. The van der Waals surface area contributed by atoms with Crippen LogP contribution in [0.15, 0.2) is 46.0 Å². The van der Waals surface area contributed by atoms with Crippen molar-refractivity contribution in [2.45, 2.75) is 43.7 Å². The number of hydrogen-bond acceptors (Lipinski definition) is 6. The lowest BCUT2D eigenvalue weighted by Gasteiger charge is -2.28. The first-order valence-corrected chi connectivity index (χ1v) is 10.7. The second kappa shape index (κ2) is 11.4. The smallest absolute Gasteiger partial charge is 0.328 e. The summed E-state index contributed by atoms with van der Waals surface area (Å²) in [6.45, 7) is 3.27. The van der Waals surface area contributed by atoms with Gasteiger partial charge in [-0.2, -0.15) is 0 Å². The van der Waals surface area contributed by atoms with Crippen molar-refractivity contribution >= 4 is 23.7 Å². The monoisotopic (exact) mass is 418 g/mol. The predicted molar refractivity (Wildman–Crippen MR) is 112 cm³/mol. The summed E-state index contributed by atoms with van der Waals surface area (Å²) in [5.41, 5.74) is 4.07. The van der Waals surface area contributed by atoms with Gasteiger partial charge in [0, 0.05) is 29.8 Å². The van der Waals surface area contributed by atoms with Crippen LogP contribution in [-0.2, 0) is 16.0 Å². The Morgan fingerprint density at radius 1 is 1.31 bits per heavy atom. The zero-order chi connectivity index (χ0) is 21.2. The fourth-order valence-electron chi connectivity index (χ4n) is 3.25. The number of aryl methyl sites for hydroxylation is 1. The molecule has 1 heterocycles. The number of hydrogen-bond donors (Lipinski definition) is 3. The number of nitrogens with zero attached hydrogens (tertiary/aromatic N) is 1. The van der Waals surface area contributed by atoms with Gasteiger partial charge in [-0.3, -0.25) is 0 Å². The van der Waals surface area contributed by atoms with E-state index in [1.165, 1.54) is 29.5 Å². The molecular weight excluding hydrogens is 392 g/mol. The second-order valence-corrected chi connectivity index (χ2v) is 7.35. The van der Waals surface area contributed by atoms with Crippen LogP contribution in [0.2, 0.25) is 0 Å². The maximum absolute atomic E-state index is 9.55. The highest BCUT2D eigenvalue weighted by Crippen LogP contribution is 2.38. The molecule has 7 nitrogen and oxygen atoms in total. The molecule has 0 saturated heterocycles. The molecule has 0 spiro atoms. The van der Waals surface area contributed by atoms with E-state index >= 15 is 0 Å². The van der Waals surface area contributed by atoms with Crippen LogP contribution < -0.4 is 5.32 Å². The fourth-order valence-corrected chi connectivity index (χ4v) is 3.58. The van der Waals surface area contributed by atoms with Gasteiger partial charge in [-0.1, -0.05) is 30.3 Å². The Morgan fingerprint density at radius 2 is 2.03 bits per heavy atom. The molecule has 8 heteroatoms. The van der Waals surface area contributed by atoms with Crippen LogP contribution in [0.3, 0.4) is 0 Å². The van der Waals surface area contributed by atoms with Gasteiger partial charge in [0.1, 0.15) is 5.03 Å². The Balaban J connectivity index is 0.000000321. The van der Waals surface area contributed by atoms with Gasteiger partial charge in [0.05, 0.1) is 0 Å². The lowest BCUT2D eigenvalue weighted by Crippen LogP contribution is -2.26. The average Bonchev–Trinajstić information content (AvgIpc) is 3.20. The molecule has 1 aliphatic carbocycles. The van der Waals surface area contributed by atoms with Gasteiger partial charge >= 0.3 is 11.9 Å². The minimum atomic E-state index is -1.26. The molecule has 0 aliphatic heterocycles. The number of thioether (sulfide) groups is 1. The zero-order valence-electron chi connectivity index (χ0n) is 16.6. The first-order valence-electron chi connectivity index (χ1n) is 9.46. The van der Waals surface area contributed by atoms with E-state index in [4.69, 9.17) is 14.7 Å². The quantitative estimate of drug-likeness (QED) is 0.454. The zero-order valence-corrected chi connectivity index (χ0v) is 17.4. The molecule has 156 valence electrons. The average molecular weight is 419 g/mol. The molecule has 0 radical (unpaired) electrons. The molecule has 3 N–H and O–H groups in total. The second-order valence-electron chi connectivity index (χ2n) is 6.52. The number of rotatable bonds is 7. The summed E-state index contributed by atoms with van der Waals surface area (Å²) < 4.78 is 5.56. The summed E-state index contributed by atoms with van der Waals surface area (Å²) >= 11 is 1.62. The molecule has 3 rings (SSSR count). The highest BCUT2D eigenvalue weighted by molar-refractivity contribution is 7.98. The third-order valence-corrected chi connectivity index (χ3v) is 5.07. The molecule has 0 saturated carbocycles. The molecule has 1 atom stereocenters. The van der Waals surface area contributed by atoms with E-state index in [0.717, 1.165) is 30.2 Å². The van der Waals surface area contributed by atoms with E-state index in [1.54, 1.807) is 11.8 Å². The van der Waals surface area contributed by atoms with Gasteiger partial charge in [0.15, 0.2) is 5.76 Å². The van der Waals surface area contributed by atoms with Crippen molar-refractivity contribution in [3.8, 4) is 11.3 Å². The summed E-state index contributed by atoms with van der Waals surface area (Å²) in [5.74, 6) is -1.62. The number of carboxylic acid groups (broad SMARTS) is 2. The van der Waals surface area contributed by atoms with Crippen molar-refractivity contribution in [1.29, 1.82) is 0 Å². The van der Waals surface area contributed by atoms with Crippen molar-refractivity contribution in [3.63, 3.8) is 0 Å². The number of carboxylic acids is 2. The lowest BCUT2D eigenvalue weighted by atomic mass is 9.84. The minimum absolute atomic E-state index is 0.438. The number of aromatic nitrogens is 1. The Hall–Kier alpha value is -2.58. The van der Waals surface area contributed by atoms with Crippen LogP contribution >= 0.6 is 11.8 Å². The van der Waals surface area contributed by atoms with Gasteiger partial charge in [-0.25, -0.2) is 9.59 Å². The minimum Gasteiger partial charge on any atom is -0.478 e. The Morgan fingerprint density at radius 3 is 2.62 bits per heavy atom. The predicted octanol–water partition coefficient (Wildman–Crippen LogP) is 4.15. The van der Waals surface area contributed by atoms with Crippen LogP contribution in [0.25, 0.3) is 11.3 Å². The van der Waals surface area contributed by atoms with Gasteiger partial charge in [0.2, 0.25) is 0 Å². The van der Waals surface area contributed by atoms with E-state index < -0.39 is 11.9 Å². The van der Waals surface area contributed by atoms with E-state index in [-0.39, 0.29) is 0 Å². The van der Waals surface area contributed by atoms with Crippen LogP contribution in [0.5, 0.6) is 0 Å². The lowest BCUT2D eigenvalue weighted by molar-refractivity contribution is -0.134. The Labute approximate surface area is 174 Å². The number of fused-ring (bicyclic) bond motifs is 1. The van der Waals surface area contributed by atoms with Gasteiger partial charge in [-0.05, 0) is 49.6 Å². The van der Waals surface area contributed by atoms with Crippen molar-refractivity contribution < 1.29 is 24.3 Å². The van der Waals surface area contributed by atoms with E-state index in [9.17, 15) is 9.59 Å². The molecule has 1 unspecified atom stereocenters.